The third-order valence-corrected chi connectivity index (χ3v) is 6.15. The minimum absolute atomic E-state index is 0. The summed E-state index contributed by atoms with van der Waals surface area (Å²) in [5.41, 5.74) is 5.37. The van der Waals surface area contributed by atoms with E-state index < -0.39 is 0 Å². The van der Waals surface area contributed by atoms with Gasteiger partial charge < -0.3 is 10.0 Å². The van der Waals surface area contributed by atoms with Gasteiger partial charge in [-0.05, 0) is 54.6 Å². The zero-order valence-electron chi connectivity index (χ0n) is 18.1. The topological polar surface area (TPSA) is 23.5 Å². The largest absolute Gasteiger partial charge is 0.391 e. The summed E-state index contributed by atoms with van der Waals surface area (Å²) >= 11 is 0. The van der Waals surface area contributed by atoms with Crippen LogP contribution < -0.4 is 0 Å². The van der Waals surface area contributed by atoms with Crippen LogP contribution in [-0.4, -0.2) is 35.7 Å². The molecular formula is C26H38ClNO. The maximum absolute atomic E-state index is 11.4. The van der Waals surface area contributed by atoms with Gasteiger partial charge in [0.05, 0.1) is 6.10 Å². The van der Waals surface area contributed by atoms with Gasteiger partial charge in [0.15, 0.2) is 0 Å². The van der Waals surface area contributed by atoms with Gasteiger partial charge in [0.1, 0.15) is 0 Å². The van der Waals surface area contributed by atoms with Crippen molar-refractivity contribution in [1.29, 1.82) is 0 Å². The Morgan fingerprint density at radius 1 is 0.828 bits per heavy atom. The van der Waals surface area contributed by atoms with Gasteiger partial charge in [-0.25, -0.2) is 0 Å². The Balaban J connectivity index is 0.00000300. The standard InChI is InChI=1S/C26H37NO.ClH/c1-3-5-11-17-27(18-12-6-4-2)20-25(28)26-23-15-9-7-13-21(23)19-22-14-8-10-16-24(22)26;/h7-10,13-16,25-26,28H,3-6,11-12,17-20H2,1-2H3;1H. The molecule has 3 rings (SSSR count). The summed E-state index contributed by atoms with van der Waals surface area (Å²) in [7, 11) is 0. The lowest BCUT2D eigenvalue weighted by molar-refractivity contribution is 0.0962. The molecule has 0 saturated carbocycles. The van der Waals surface area contributed by atoms with Gasteiger partial charge in [-0.1, -0.05) is 88.1 Å². The van der Waals surface area contributed by atoms with Crippen LogP contribution in [0.25, 0.3) is 0 Å². The molecule has 0 heterocycles. The van der Waals surface area contributed by atoms with Crippen molar-refractivity contribution in [3.8, 4) is 0 Å². The fourth-order valence-corrected chi connectivity index (χ4v) is 4.62. The molecule has 1 N–H and O–H groups in total. The molecule has 0 radical (unpaired) electrons. The van der Waals surface area contributed by atoms with Gasteiger partial charge in [-0.15, -0.1) is 12.4 Å². The van der Waals surface area contributed by atoms with Crippen molar-refractivity contribution >= 4 is 12.4 Å². The van der Waals surface area contributed by atoms with E-state index in [0.717, 1.165) is 26.1 Å². The van der Waals surface area contributed by atoms with Crippen LogP contribution in [0.3, 0.4) is 0 Å². The van der Waals surface area contributed by atoms with E-state index in [1.165, 1.54) is 60.8 Å². The van der Waals surface area contributed by atoms with Gasteiger partial charge in [-0.2, -0.15) is 0 Å². The summed E-state index contributed by atoms with van der Waals surface area (Å²) in [6.45, 7) is 7.48. The summed E-state index contributed by atoms with van der Waals surface area (Å²) in [5, 5.41) is 11.4. The molecule has 0 spiro atoms. The van der Waals surface area contributed by atoms with Crippen LogP contribution in [0.15, 0.2) is 48.5 Å². The van der Waals surface area contributed by atoms with Crippen LogP contribution in [0, 0.1) is 0 Å². The van der Waals surface area contributed by atoms with E-state index in [-0.39, 0.29) is 24.4 Å². The molecule has 1 aliphatic rings. The van der Waals surface area contributed by atoms with Crippen LogP contribution in [0.1, 0.15) is 80.5 Å². The molecule has 0 fully saturated rings. The highest BCUT2D eigenvalue weighted by atomic mass is 35.5. The molecule has 1 aliphatic carbocycles. The highest BCUT2D eigenvalue weighted by Gasteiger charge is 2.31. The van der Waals surface area contributed by atoms with E-state index in [2.05, 4.69) is 67.3 Å². The molecule has 0 bridgehead atoms. The Morgan fingerprint density at radius 3 is 1.79 bits per heavy atom. The highest BCUT2D eigenvalue weighted by molar-refractivity contribution is 5.85. The highest BCUT2D eigenvalue weighted by Crippen LogP contribution is 2.38. The molecule has 1 atom stereocenters. The predicted molar refractivity (Wildman–Crippen MR) is 126 cm³/mol. The third kappa shape index (κ3) is 6.31. The minimum atomic E-state index is -0.370. The van der Waals surface area contributed by atoms with Crippen molar-refractivity contribution in [2.75, 3.05) is 19.6 Å². The van der Waals surface area contributed by atoms with E-state index in [9.17, 15) is 5.11 Å². The number of halogens is 1. The Kier molecular flexibility index (Phi) is 10.2. The molecule has 2 nitrogen and oxygen atoms in total. The second-order valence-corrected chi connectivity index (χ2v) is 8.33. The Bertz CT molecular complexity index is 677. The number of fused-ring (bicyclic) bond motifs is 2. The molecule has 0 amide bonds. The van der Waals surface area contributed by atoms with Crippen molar-refractivity contribution in [3.05, 3.63) is 70.8 Å². The fraction of sp³-hybridized carbons (Fsp3) is 0.538. The number of aliphatic hydroxyl groups excluding tert-OH is 1. The lowest BCUT2D eigenvalue weighted by Crippen LogP contribution is -2.38. The van der Waals surface area contributed by atoms with Crippen molar-refractivity contribution in [2.45, 2.75) is 70.8 Å². The van der Waals surface area contributed by atoms with Crippen LogP contribution in [0.4, 0.5) is 0 Å². The van der Waals surface area contributed by atoms with Crippen molar-refractivity contribution < 1.29 is 5.11 Å². The minimum Gasteiger partial charge on any atom is -0.391 e. The monoisotopic (exact) mass is 415 g/mol. The van der Waals surface area contributed by atoms with Gasteiger partial charge in [0, 0.05) is 12.5 Å². The quantitative estimate of drug-likeness (QED) is 0.442. The fourth-order valence-electron chi connectivity index (χ4n) is 4.62. The molecule has 1 unspecified atom stereocenters. The van der Waals surface area contributed by atoms with Crippen LogP contribution >= 0.6 is 12.4 Å². The molecule has 3 heteroatoms. The summed E-state index contributed by atoms with van der Waals surface area (Å²) in [6, 6.07) is 17.4. The Labute approximate surface area is 183 Å². The molecule has 2 aromatic carbocycles. The number of aliphatic hydroxyl groups is 1. The number of hydrogen-bond donors (Lipinski definition) is 1. The van der Waals surface area contributed by atoms with Gasteiger partial charge in [0.25, 0.3) is 0 Å². The average Bonchev–Trinajstić information content (AvgIpc) is 2.72. The van der Waals surface area contributed by atoms with Crippen LogP contribution in [0.5, 0.6) is 0 Å². The summed E-state index contributed by atoms with van der Waals surface area (Å²) in [6.07, 6.45) is 8.10. The molecule has 0 saturated heterocycles. The van der Waals surface area contributed by atoms with Crippen LogP contribution in [-0.2, 0) is 6.42 Å². The number of unbranched alkanes of at least 4 members (excludes halogenated alkanes) is 4. The van der Waals surface area contributed by atoms with Gasteiger partial charge in [0.2, 0.25) is 0 Å². The SMILES string of the molecule is CCCCCN(CCCCC)CC(O)C1c2ccccc2Cc2ccccc21.Cl. The molecule has 160 valence electrons. The smallest absolute Gasteiger partial charge is 0.0776 e. The first kappa shape index (κ1) is 23.9. The van der Waals surface area contributed by atoms with Crippen molar-refractivity contribution in [3.63, 3.8) is 0 Å². The first-order valence-electron chi connectivity index (χ1n) is 11.3. The zero-order valence-corrected chi connectivity index (χ0v) is 19.0. The van der Waals surface area contributed by atoms with E-state index in [0.29, 0.717) is 0 Å². The average molecular weight is 416 g/mol. The second-order valence-electron chi connectivity index (χ2n) is 8.33. The number of rotatable bonds is 11. The molecule has 2 aromatic rings. The van der Waals surface area contributed by atoms with Gasteiger partial charge in [-0.3, -0.25) is 0 Å². The second kappa shape index (κ2) is 12.4. The molecule has 0 aliphatic heterocycles. The third-order valence-electron chi connectivity index (χ3n) is 6.15. The van der Waals surface area contributed by atoms with Crippen molar-refractivity contribution in [2.24, 2.45) is 0 Å². The Morgan fingerprint density at radius 2 is 1.31 bits per heavy atom. The van der Waals surface area contributed by atoms with E-state index >= 15 is 0 Å². The zero-order chi connectivity index (χ0) is 19.8. The van der Waals surface area contributed by atoms with E-state index in [4.69, 9.17) is 0 Å². The number of hydrogen-bond acceptors (Lipinski definition) is 2. The van der Waals surface area contributed by atoms with E-state index in [1.54, 1.807) is 0 Å². The van der Waals surface area contributed by atoms with Gasteiger partial charge >= 0.3 is 0 Å². The molecular weight excluding hydrogens is 378 g/mol. The lowest BCUT2D eigenvalue weighted by Gasteiger charge is -2.34. The Hall–Kier alpha value is -1.35. The molecule has 0 aromatic heterocycles. The normalized spacial score (nSPS) is 14.2. The summed E-state index contributed by atoms with van der Waals surface area (Å²) in [4.78, 5) is 2.51. The molecule has 29 heavy (non-hydrogen) atoms. The predicted octanol–water partition coefficient (Wildman–Crippen LogP) is 6.19. The lowest BCUT2D eigenvalue weighted by atomic mass is 9.75. The van der Waals surface area contributed by atoms with E-state index in [1.807, 2.05) is 0 Å². The number of benzene rings is 2. The first-order valence-corrected chi connectivity index (χ1v) is 11.3. The summed E-state index contributed by atoms with van der Waals surface area (Å²) < 4.78 is 0. The maximum atomic E-state index is 11.4. The maximum Gasteiger partial charge on any atom is 0.0776 e. The van der Waals surface area contributed by atoms with Crippen LogP contribution in [0.2, 0.25) is 0 Å². The van der Waals surface area contributed by atoms with Crippen molar-refractivity contribution in [1.82, 2.24) is 4.90 Å². The number of nitrogens with zero attached hydrogens (tertiary/aromatic N) is 1. The summed E-state index contributed by atoms with van der Waals surface area (Å²) in [5.74, 6) is 0.0843. The first-order chi connectivity index (χ1) is 13.7.